The minimum absolute atomic E-state index is 0.0626. The third-order valence-corrected chi connectivity index (χ3v) is 3.36. The quantitative estimate of drug-likeness (QED) is 0.477. The Morgan fingerprint density at radius 1 is 1.07 bits per heavy atom. The monoisotopic (exact) mass is 215 g/mol. The molecule has 0 saturated heterocycles. The predicted molar refractivity (Wildman–Crippen MR) is 50.1 cm³/mol. The lowest BCUT2D eigenvalue weighted by Gasteiger charge is -2.06. The second kappa shape index (κ2) is 3.84. The highest BCUT2D eigenvalue weighted by Gasteiger charge is 2.51. The summed E-state index contributed by atoms with van der Waals surface area (Å²) in [4.78, 5) is 39.9. The Morgan fingerprint density at radius 3 is 2.00 bits per heavy atom. The number of carbonyl (C=O) groups excluding carboxylic acids is 1. The Balaban J connectivity index is 3.08. The number of rotatable bonds is 3. The number of carboxylic acids is 1. The molecule has 3 N–H and O–H groups in total. The van der Waals surface area contributed by atoms with Crippen LogP contribution < -0.4 is 5.30 Å². The smallest absolute Gasteiger partial charge is 0.438 e. The molecule has 0 aliphatic heterocycles. The van der Waals surface area contributed by atoms with Gasteiger partial charge < -0.3 is 5.11 Å². The van der Waals surface area contributed by atoms with E-state index in [0.29, 0.717) is 0 Å². The Bertz CT molecular complexity index is 359. The van der Waals surface area contributed by atoms with Gasteiger partial charge in [0, 0.05) is 0 Å². The topological polar surface area (TPSA) is 94.8 Å². The molecule has 5 nitrogen and oxygen atoms in total. The molecule has 14 heavy (non-hydrogen) atoms. The third kappa shape index (κ3) is 1.96. The van der Waals surface area contributed by atoms with Crippen LogP contribution in [0.3, 0.4) is 0 Å². The van der Waals surface area contributed by atoms with Gasteiger partial charge >= 0.3 is 19.2 Å². The van der Waals surface area contributed by atoms with E-state index in [2.05, 4.69) is 0 Å². The maximum absolute atomic E-state index is 10.9. The van der Waals surface area contributed by atoms with Gasteiger partial charge in [0.05, 0.1) is 0 Å². The number of hydrogen-bond donors (Lipinski definition) is 3. The van der Waals surface area contributed by atoms with E-state index in [1.807, 2.05) is 0 Å². The maximum Gasteiger partial charge on any atom is 0.438 e. The van der Waals surface area contributed by atoms with Gasteiger partial charge in [-0.3, -0.25) is 0 Å². The fraction of sp³-hybridized carbons (Fsp3) is 0. The van der Waals surface area contributed by atoms with Gasteiger partial charge in [-0.2, -0.15) is 0 Å². The SMILES string of the molecule is O=C(O)C(=O)[P+](O)(O)c1ccccc1. The van der Waals surface area contributed by atoms with Crippen LogP contribution in [-0.2, 0) is 9.59 Å². The molecular formula is C8H8O5P+. The molecule has 0 heterocycles. The molecule has 0 unspecified atom stereocenters. The molecule has 0 amide bonds. The molecular weight excluding hydrogens is 207 g/mol. The summed E-state index contributed by atoms with van der Waals surface area (Å²) in [6, 6.07) is 7.20. The number of benzene rings is 1. The first-order valence-corrected chi connectivity index (χ1v) is 5.33. The van der Waals surface area contributed by atoms with Crippen molar-refractivity contribution in [1.82, 2.24) is 0 Å². The van der Waals surface area contributed by atoms with Crippen LogP contribution in [-0.4, -0.2) is 26.4 Å². The largest absolute Gasteiger partial charge is 0.472 e. The summed E-state index contributed by atoms with van der Waals surface area (Å²) in [6.45, 7) is 0. The number of hydrogen-bond acceptors (Lipinski definition) is 4. The fourth-order valence-corrected chi connectivity index (χ4v) is 1.98. The van der Waals surface area contributed by atoms with Gasteiger partial charge in [0.15, 0.2) is 5.30 Å². The lowest BCUT2D eigenvalue weighted by atomic mass is 10.4. The third-order valence-electron chi connectivity index (χ3n) is 1.58. The van der Waals surface area contributed by atoms with Crippen LogP contribution in [0.1, 0.15) is 0 Å². The van der Waals surface area contributed by atoms with E-state index in [-0.39, 0.29) is 5.30 Å². The molecule has 1 aromatic rings. The summed E-state index contributed by atoms with van der Waals surface area (Å²) in [7, 11) is -4.18. The number of carbonyl (C=O) groups is 2. The lowest BCUT2D eigenvalue weighted by molar-refractivity contribution is -0.145. The van der Waals surface area contributed by atoms with E-state index in [4.69, 9.17) is 5.11 Å². The standard InChI is InChI=1S/C8H7O5P/c9-7(10)8(11)14(12,13)6-4-2-1-3-5-6/h1-5,12-13H/p+1. The Kier molecular flexibility index (Phi) is 2.96. The van der Waals surface area contributed by atoms with E-state index in [0.717, 1.165) is 0 Å². The molecule has 0 aliphatic carbocycles. The van der Waals surface area contributed by atoms with Gasteiger partial charge in [-0.05, 0) is 12.1 Å². The van der Waals surface area contributed by atoms with E-state index >= 15 is 0 Å². The molecule has 74 valence electrons. The van der Waals surface area contributed by atoms with Gasteiger partial charge in [-0.1, -0.05) is 18.2 Å². The van der Waals surface area contributed by atoms with Gasteiger partial charge in [-0.15, -0.1) is 0 Å². The first-order chi connectivity index (χ1) is 6.46. The molecule has 6 heteroatoms. The second-order valence-corrected chi connectivity index (χ2v) is 4.67. The molecule has 0 atom stereocenters. The van der Waals surface area contributed by atoms with Crippen molar-refractivity contribution in [2.24, 2.45) is 0 Å². The highest BCUT2D eigenvalue weighted by Crippen LogP contribution is 2.49. The maximum atomic E-state index is 10.9. The van der Waals surface area contributed by atoms with Gasteiger partial charge in [-0.25, -0.2) is 19.4 Å². The highest BCUT2D eigenvalue weighted by atomic mass is 31.2. The Labute approximate surface area is 80.1 Å². The van der Waals surface area contributed by atoms with Crippen molar-refractivity contribution in [1.29, 1.82) is 0 Å². The summed E-state index contributed by atoms with van der Waals surface area (Å²) in [5.41, 5.74) is -1.57. The number of aliphatic carboxylic acids is 1. The molecule has 0 saturated carbocycles. The number of carboxylic acid groups (broad SMARTS) is 1. The molecule has 0 fully saturated rings. The van der Waals surface area contributed by atoms with E-state index in [1.54, 1.807) is 6.07 Å². The van der Waals surface area contributed by atoms with Crippen LogP contribution in [0, 0.1) is 0 Å². The normalized spacial score (nSPS) is 11.0. The minimum atomic E-state index is -4.18. The molecule has 0 aliphatic rings. The van der Waals surface area contributed by atoms with E-state index in [9.17, 15) is 19.4 Å². The van der Waals surface area contributed by atoms with Crippen LogP contribution in [0.15, 0.2) is 30.3 Å². The van der Waals surface area contributed by atoms with Crippen molar-refractivity contribution in [3.05, 3.63) is 30.3 Å². The van der Waals surface area contributed by atoms with Crippen LogP contribution in [0.2, 0.25) is 0 Å². The van der Waals surface area contributed by atoms with Crippen LogP contribution >= 0.6 is 7.72 Å². The zero-order chi connectivity index (χ0) is 10.8. The molecule has 0 aromatic heterocycles. The average Bonchev–Trinajstić information content (AvgIpc) is 2.18. The molecule has 1 aromatic carbocycles. The summed E-state index contributed by atoms with van der Waals surface area (Å²) in [6.07, 6.45) is 0. The van der Waals surface area contributed by atoms with Crippen molar-refractivity contribution in [3.63, 3.8) is 0 Å². The molecule has 0 bridgehead atoms. The second-order valence-electron chi connectivity index (χ2n) is 2.55. The lowest BCUT2D eigenvalue weighted by Crippen LogP contribution is -2.24. The Morgan fingerprint density at radius 2 is 1.57 bits per heavy atom. The van der Waals surface area contributed by atoms with Crippen molar-refractivity contribution >= 4 is 24.5 Å². The Hall–Kier alpha value is -1.29. The van der Waals surface area contributed by atoms with Gasteiger partial charge in [0.1, 0.15) is 0 Å². The summed E-state index contributed by atoms with van der Waals surface area (Å²) < 4.78 is 0. The van der Waals surface area contributed by atoms with Gasteiger partial charge in [0.2, 0.25) is 0 Å². The highest BCUT2D eigenvalue weighted by molar-refractivity contribution is 7.89. The summed E-state index contributed by atoms with van der Waals surface area (Å²) >= 11 is 0. The summed E-state index contributed by atoms with van der Waals surface area (Å²) in [5.74, 6) is -1.84. The predicted octanol–water partition coefficient (Wildman–Crippen LogP) is -0.245. The van der Waals surface area contributed by atoms with Crippen molar-refractivity contribution in [2.75, 3.05) is 0 Å². The van der Waals surface area contributed by atoms with Crippen molar-refractivity contribution in [2.45, 2.75) is 0 Å². The molecule has 0 spiro atoms. The zero-order valence-electron chi connectivity index (χ0n) is 6.99. The van der Waals surface area contributed by atoms with E-state index < -0.39 is 19.2 Å². The average molecular weight is 215 g/mol. The van der Waals surface area contributed by atoms with Crippen LogP contribution in [0.5, 0.6) is 0 Å². The van der Waals surface area contributed by atoms with Crippen LogP contribution in [0.25, 0.3) is 0 Å². The van der Waals surface area contributed by atoms with Crippen molar-refractivity contribution in [3.8, 4) is 0 Å². The first kappa shape index (κ1) is 10.8. The van der Waals surface area contributed by atoms with E-state index in [1.165, 1.54) is 24.3 Å². The molecule has 0 radical (unpaired) electrons. The summed E-state index contributed by atoms with van der Waals surface area (Å²) in [5, 5.41) is 8.27. The van der Waals surface area contributed by atoms with Crippen molar-refractivity contribution < 1.29 is 24.5 Å². The van der Waals surface area contributed by atoms with Crippen LogP contribution in [0.4, 0.5) is 0 Å². The minimum Gasteiger partial charge on any atom is -0.472 e. The molecule has 1 rings (SSSR count). The van der Waals surface area contributed by atoms with Gasteiger partial charge in [0.25, 0.3) is 0 Å². The first-order valence-electron chi connectivity index (χ1n) is 3.64. The zero-order valence-corrected chi connectivity index (χ0v) is 7.89. The fourth-order valence-electron chi connectivity index (χ4n) is 0.886.